The molecule has 0 saturated carbocycles. The van der Waals surface area contributed by atoms with E-state index in [0.717, 1.165) is 0 Å². The predicted molar refractivity (Wildman–Crippen MR) is 52.8 cm³/mol. The van der Waals surface area contributed by atoms with Crippen LogP contribution in [0.15, 0.2) is 0 Å². The molecule has 0 aliphatic carbocycles. The first-order valence-corrected chi connectivity index (χ1v) is 5.22. The van der Waals surface area contributed by atoms with Gasteiger partial charge in [-0.3, -0.25) is 0 Å². The number of aliphatic hydroxyl groups is 6. The molecular weight excluding hydrogens is 236 g/mol. The second-order valence-corrected chi connectivity index (χ2v) is 3.87. The van der Waals surface area contributed by atoms with Crippen molar-refractivity contribution < 1.29 is 40.1 Å². The summed E-state index contributed by atoms with van der Waals surface area (Å²) in [6, 6.07) is 0. The largest absolute Gasteiger partial charge is 0.394 e. The third-order valence-electron chi connectivity index (χ3n) is 2.49. The summed E-state index contributed by atoms with van der Waals surface area (Å²) in [6.45, 7) is -1.42. The summed E-state index contributed by atoms with van der Waals surface area (Å²) in [5.41, 5.74) is 0. The Balaban J connectivity index is 2.47. The third kappa shape index (κ3) is 3.57. The molecule has 0 spiro atoms. The first kappa shape index (κ1) is 14.7. The van der Waals surface area contributed by atoms with E-state index >= 15 is 0 Å². The van der Waals surface area contributed by atoms with Crippen LogP contribution in [0.4, 0.5) is 0 Å². The van der Waals surface area contributed by atoms with Gasteiger partial charge in [0.2, 0.25) is 0 Å². The van der Waals surface area contributed by atoms with Crippen molar-refractivity contribution in [1.29, 1.82) is 0 Å². The Morgan fingerprint density at radius 3 is 2.24 bits per heavy atom. The Morgan fingerprint density at radius 1 is 1.06 bits per heavy atom. The van der Waals surface area contributed by atoms with Crippen LogP contribution in [0.2, 0.25) is 0 Å². The van der Waals surface area contributed by atoms with Crippen LogP contribution in [0.5, 0.6) is 0 Å². The van der Waals surface area contributed by atoms with Gasteiger partial charge in [0.25, 0.3) is 0 Å². The van der Waals surface area contributed by atoms with Gasteiger partial charge >= 0.3 is 0 Å². The number of rotatable bonds is 6. The monoisotopic (exact) mass is 254 g/mol. The van der Waals surface area contributed by atoms with Crippen molar-refractivity contribution >= 4 is 0 Å². The lowest BCUT2D eigenvalue weighted by molar-refractivity contribution is -0.192. The maximum Gasteiger partial charge on any atom is 0.186 e. The van der Waals surface area contributed by atoms with Crippen molar-refractivity contribution in [1.82, 2.24) is 0 Å². The number of hydrogen-bond acceptors (Lipinski definition) is 8. The van der Waals surface area contributed by atoms with Crippen LogP contribution >= 0.6 is 0 Å². The van der Waals surface area contributed by atoms with E-state index in [4.69, 9.17) is 24.8 Å². The summed E-state index contributed by atoms with van der Waals surface area (Å²) in [7, 11) is 0. The minimum absolute atomic E-state index is 0.285. The zero-order valence-corrected chi connectivity index (χ0v) is 9.09. The molecule has 17 heavy (non-hydrogen) atoms. The summed E-state index contributed by atoms with van der Waals surface area (Å²) >= 11 is 0. The van der Waals surface area contributed by atoms with E-state index in [1.165, 1.54) is 0 Å². The Kier molecular flexibility index (Phi) is 5.70. The summed E-state index contributed by atoms with van der Waals surface area (Å²) in [4.78, 5) is 0. The fourth-order valence-electron chi connectivity index (χ4n) is 1.49. The highest BCUT2D eigenvalue weighted by molar-refractivity contribution is 4.90. The van der Waals surface area contributed by atoms with Crippen LogP contribution in [0.25, 0.3) is 0 Å². The Morgan fingerprint density at radius 2 is 1.71 bits per heavy atom. The lowest BCUT2D eigenvalue weighted by atomic mass is 10.1. The Hall–Kier alpha value is -0.320. The molecule has 1 aliphatic rings. The van der Waals surface area contributed by atoms with Gasteiger partial charge in [0.1, 0.15) is 30.5 Å². The number of ether oxygens (including phenoxy) is 2. The molecule has 0 bridgehead atoms. The highest BCUT2D eigenvalue weighted by Gasteiger charge is 2.46. The molecule has 6 atom stereocenters. The molecule has 1 aliphatic heterocycles. The van der Waals surface area contributed by atoms with Crippen LogP contribution in [-0.2, 0) is 9.47 Å². The molecule has 1 rings (SSSR count). The second-order valence-electron chi connectivity index (χ2n) is 3.87. The topological polar surface area (TPSA) is 140 Å². The average molecular weight is 254 g/mol. The van der Waals surface area contributed by atoms with Crippen LogP contribution < -0.4 is 0 Å². The predicted octanol–water partition coefficient (Wildman–Crippen LogP) is -3.84. The molecule has 0 unspecified atom stereocenters. The normalized spacial score (nSPS) is 37.1. The minimum Gasteiger partial charge on any atom is -0.394 e. The fourth-order valence-corrected chi connectivity index (χ4v) is 1.49. The maximum absolute atomic E-state index is 9.52. The first-order valence-electron chi connectivity index (χ1n) is 5.22. The van der Waals surface area contributed by atoms with Crippen LogP contribution in [-0.4, -0.2) is 87.3 Å². The smallest absolute Gasteiger partial charge is 0.186 e. The lowest BCUT2D eigenvalue weighted by Crippen LogP contribution is -2.40. The van der Waals surface area contributed by atoms with Gasteiger partial charge in [-0.2, -0.15) is 0 Å². The second kappa shape index (κ2) is 6.57. The maximum atomic E-state index is 9.52. The van der Waals surface area contributed by atoms with E-state index < -0.39 is 50.0 Å². The van der Waals surface area contributed by atoms with Crippen molar-refractivity contribution in [3.63, 3.8) is 0 Å². The summed E-state index contributed by atoms with van der Waals surface area (Å²) < 4.78 is 9.94. The van der Waals surface area contributed by atoms with Crippen LogP contribution in [0.1, 0.15) is 0 Å². The van der Waals surface area contributed by atoms with Crippen LogP contribution in [0.3, 0.4) is 0 Å². The van der Waals surface area contributed by atoms with Gasteiger partial charge in [-0.25, -0.2) is 0 Å². The molecule has 1 heterocycles. The molecule has 0 aromatic heterocycles. The third-order valence-corrected chi connectivity index (χ3v) is 2.49. The van der Waals surface area contributed by atoms with Gasteiger partial charge in [-0.1, -0.05) is 0 Å². The van der Waals surface area contributed by atoms with E-state index in [1.54, 1.807) is 0 Å². The van der Waals surface area contributed by atoms with Crippen molar-refractivity contribution in [2.45, 2.75) is 36.8 Å². The molecule has 102 valence electrons. The lowest BCUT2D eigenvalue weighted by Gasteiger charge is -2.18. The quantitative estimate of drug-likeness (QED) is 0.283. The van der Waals surface area contributed by atoms with Crippen LogP contribution in [0, 0.1) is 0 Å². The summed E-state index contributed by atoms with van der Waals surface area (Å²) in [5.74, 6) is 0. The molecule has 8 heteroatoms. The fraction of sp³-hybridized carbons (Fsp3) is 1.00. The molecule has 0 amide bonds. The molecular formula is C9H18O8. The number of aliphatic hydroxyl groups excluding tert-OH is 6. The molecule has 1 fully saturated rings. The zero-order chi connectivity index (χ0) is 13.0. The molecule has 1 saturated heterocycles. The van der Waals surface area contributed by atoms with E-state index in [1.807, 2.05) is 0 Å². The minimum atomic E-state index is -1.40. The van der Waals surface area contributed by atoms with Gasteiger partial charge < -0.3 is 40.1 Å². The van der Waals surface area contributed by atoms with Gasteiger partial charge in [-0.15, -0.1) is 0 Å². The van der Waals surface area contributed by atoms with Gasteiger partial charge in [0.05, 0.1) is 19.8 Å². The highest BCUT2D eigenvalue weighted by atomic mass is 16.7. The Bertz CT molecular complexity index is 225. The zero-order valence-electron chi connectivity index (χ0n) is 9.09. The van der Waals surface area contributed by atoms with Gasteiger partial charge in [0, 0.05) is 0 Å². The Labute approximate surface area is 97.6 Å². The van der Waals surface area contributed by atoms with E-state index in [9.17, 15) is 15.3 Å². The summed E-state index contributed by atoms with van der Waals surface area (Å²) in [6.07, 6.45) is -7.63. The van der Waals surface area contributed by atoms with Crippen molar-refractivity contribution in [2.75, 3.05) is 19.8 Å². The van der Waals surface area contributed by atoms with E-state index in [2.05, 4.69) is 0 Å². The standard InChI is InChI=1S/C9H18O8/c10-1-4(12)3-16-9-7(15)6(14)8(17-9)5(13)2-11/h4-15H,1-3H2/t4-,5+,6-,7+,8-,9+/m0/s1. The molecule has 0 aromatic rings. The highest BCUT2D eigenvalue weighted by Crippen LogP contribution is 2.24. The van der Waals surface area contributed by atoms with Crippen molar-refractivity contribution in [2.24, 2.45) is 0 Å². The average Bonchev–Trinajstić information content (AvgIpc) is 2.62. The van der Waals surface area contributed by atoms with E-state index in [0.29, 0.717) is 0 Å². The van der Waals surface area contributed by atoms with Gasteiger partial charge in [-0.05, 0) is 0 Å². The van der Waals surface area contributed by atoms with Gasteiger partial charge in [0.15, 0.2) is 6.29 Å². The molecule has 8 nitrogen and oxygen atoms in total. The molecule has 0 radical (unpaired) electrons. The number of hydrogen-bond donors (Lipinski definition) is 6. The SMILES string of the molecule is OC[C@H](O)CO[C@@H]1O[C@@H]([C@H](O)CO)[C@@H](O)[C@H]1O. The van der Waals surface area contributed by atoms with E-state index in [-0.39, 0.29) is 6.61 Å². The molecule has 0 aromatic carbocycles. The molecule has 6 N–H and O–H groups in total. The summed E-state index contributed by atoms with van der Waals surface area (Å²) in [5, 5.41) is 54.6. The van der Waals surface area contributed by atoms with Crippen molar-refractivity contribution in [3.05, 3.63) is 0 Å². The first-order chi connectivity index (χ1) is 8.01. The van der Waals surface area contributed by atoms with Crippen molar-refractivity contribution in [3.8, 4) is 0 Å².